The average molecular weight is 250 g/mol. The lowest BCUT2D eigenvalue weighted by molar-refractivity contribution is -0.00802. The molecule has 4 atom stereocenters. The monoisotopic (exact) mass is 250 g/mol. The average Bonchev–Trinajstić information content (AvgIpc) is 2.76. The van der Waals surface area contributed by atoms with Gasteiger partial charge in [-0.3, -0.25) is 0 Å². The van der Waals surface area contributed by atoms with Crippen molar-refractivity contribution >= 4 is 0 Å². The van der Waals surface area contributed by atoms with Gasteiger partial charge in [-0.15, -0.1) is 0 Å². The van der Waals surface area contributed by atoms with Crippen LogP contribution in [-0.2, 0) is 4.74 Å². The van der Waals surface area contributed by atoms with E-state index in [0.717, 1.165) is 32.1 Å². The molecule has 2 aliphatic carbocycles. The highest BCUT2D eigenvalue weighted by molar-refractivity contribution is 5.25. The minimum absolute atomic E-state index is 0.0783. The van der Waals surface area contributed by atoms with Crippen LogP contribution in [0.4, 0.5) is 0 Å². The lowest BCUT2D eigenvalue weighted by Crippen LogP contribution is -2.40. The highest BCUT2D eigenvalue weighted by Gasteiger charge is 2.52. The van der Waals surface area contributed by atoms with Crippen molar-refractivity contribution in [3.05, 3.63) is 11.3 Å². The van der Waals surface area contributed by atoms with Crippen LogP contribution >= 0.6 is 0 Å². The van der Waals surface area contributed by atoms with E-state index in [2.05, 4.69) is 13.8 Å². The summed E-state index contributed by atoms with van der Waals surface area (Å²) in [5.41, 5.74) is 1.76. The molecule has 1 aliphatic heterocycles. The van der Waals surface area contributed by atoms with Crippen LogP contribution in [0.3, 0.4) is 0 Å². The lowest BCUT2D eigenvalue weighted by atomic mass is 9.63. The van der Waals surface area contributed by atoms with E-state index in [-0.39, 0.29) is 11.5 Å². The van der Waals surface area contributed by atoms with Crippen LogP contribution in [0.1, 0.15) is 65.2 Å². The molecule has 0 saturated heterocycles. The van der Waals surface area contributed by atoms with Crippen molar-refractivity contribution in [1.82, 2.24) is 0 Å². The smallest absolute Gasteiger partial charge is 0.0983 e. The lowest BCUT2D eigenvalue weighted by Gasteiger charge is -2.45. The van der Waals surface area contributed by atoms with Gasteiger partial charge in [0.15, 0.2) is 0 Å². The van der Waals surface area contributed by atoms with Crippen molar-refractivity contribution in [3.63, 3.8) is 0 Å². The Hall–Kier alpha value is -0.500. The first kappa shape index (κ1) is 12.5. The highest BCUT2D eigenvalue weighted by atomic mass is 16.5. The molecule has 0 bridgehead atoms. The molecule has 0 aromatic heterocycles. The summed E-state index contributed by atoms with van der Waals surface area (Å²) in [5, 5.41) is 10.4. The topological polar surface area (TPSA) is 29.5 Å². The molecule has 2 heteroatoms. The molecule has 0 radical (unpaired) electrons. The minimum atomic E-state index is -0.0783. The molecule has 0 spiro atoms. The fourth-order valence-corrected chi connectivity index (χ4v) is 4.67. The van der Waals surface area contributed by atoms with E-state index in [9.17, 15) is 5.11 Å². The second kappa shape index (κ2) is 4.56. The zero-order valence-corrected chi connectivity index (χ0v) is 11.7. The molecule has 2 unspecified atom stereocenters. The molecule has 1 heterocycles. The van der Waals surface area contributed by atoms with E-state index in [1.807, 2.05) is 0 Å². The normalized spacial score (nSPS) is 43.4. The molecule has 1 fully saturated rings. The number of hydrogen-bond acceptors (Lipinski definition) is 2. The molecule has 2 nitrogen and oxygen atoms in total. The van der Waals surface area contributed by atoms with Crippen molar-refractivity contribution in [1.29, 1.82) is 0 Å². The Labute approximate surface area is 110 Å². The molecule has 1 saturated carbocycles. The van der Waals surface area contributed by atoms with Gasteiger partial charge >= 0.3 is 0 Å². The van der Waals surface area contributed by atoms with Crippen molar-refractivity contribution in [2.24, 2.45) is 11.3 Å². The standard InChI is InChI=1S/C16H26O2/c1-3-11-5-6-12-13-7-8-15(17)16(13,4-2)10-9-14(12)18-11/h11,13,15,17H,3-10H2,1-2H3/t11?,13-,15?,16+/m0/s1. The first-order valence-corrected chi connectivity index (χ1v) is 7.78. The van der Waals surface area contributed by atoms with E-state index in [1.54, 1.807) is 5.57 Å². The van der Waals surface area contributed by atoms with Gasteiger partial charge in [-0.2, -0.15) is 0 Å². The third kappa shape index (κ3) is 1.65. The van der Waals surface area contributed by atoms with Gasteiger partial charge in [0.2, 0.25) is 0 Å². The fraction of sp³-hybridized carbons (Fsp3) is 0.875. The second-order valence-electron chi connectivity index (χ2n) is 6.37. The second-order valence-corrected chi connectivity index (χ2v) is 6.37. The van der Waals surface area contributed by atoms with E-state index in [4.69, 9.17) is 4.74 Å². The summed E-state index contributed by atoms with van der Waals surface area (Å²) in [4.78, 5) is 0. The maximum Gasteiger partial charge on any atom is 0.0983 e. The molecule has 102 valence electrons. The van der Waals surface area contributed by atoms with E-state index < -0.39 is 0 Å². The number of hydrogen-bond donors (Lipinski definition) is 1. The highest BCUT2D eigenvalue weighted by Crippen LogP contribution is 2.58. The first-order valence-electron chi connectivity index (χ1n) is 7.78. The number of ether oxygens (including phenoxy) is 1. The Kier molecular flexibility index (Phi) is 3.17. The number of rotatable bonds is 2. The third-order valence-corrected chi connectivity index (χ3v) is 5.84. The maximum absolute atomic E-state index is 10.4. The predicted octanol–water partition coefficient (Wildman–Crippen LogP) is 3.79. The van der Waals surface area contributed by atoms with Gasteiger partial charge in [-0.1, -0.05) is 13.8 Å². The largest absolute Gasteiger partial charge is 0.495 e. The summed E-state index contributed by atoms with van der Waals surface area (Å²) in [6, 6.07) is 0. The van der Waals surface area contributed by atoms with Crippen molar-refractivity contribution in [2.75, 3.05) is 0 Å². The molecule has 3 aliphatic rings. The Bertz CT molecular complexity index is 360. The molecule has 1 N–H and O–H groups in total. The van der Waals surface area contributed by atoms with E-state index >= 15 is 0 Å². The number of aliphatic hydroxyl groups excluding tert-OH is 1. The summed E-state index contributed by atoms with van der Waals surface area (Å²) >= 11 is 0. The summed E-state index contributed by atoms with van der Waals surface area (Å²) < 4.78 is 6.17. The fourth-order valence-electron chi connectivity index (χ4n) is 4.67. The van der Waals surface area contributed by atoms with Gasteiger partial charge < -0.3 is 9.84 Å². The molecular weight excluding hydrogens is 224 g/mol. The van der Waals surface area contributed by atoms with Crippen LogP contribution < -0.4 is 0 Å². The summed E-state index contributed by atoms with van der Waals surface area (Å²) in [5.74, 6) is 1.91. The van der Waals surface area contributed by atoms with Gasteiger partial charge in [0, 0.05) is 11.8 Å². The van der Waals surface area contributed by atoms with Gasteiger partial charge in [0.05, 0.1) is 18.0 Å². The number of aliphatic hydroxyl groups is 1. The van der Waals surface area contributed by atoms with Crippen molar-refractivity contribution in [3.8, 4) is 0 Å². The molecule has 0 aromatic rings. The van der Waals surface area contributed by atoms with Crippen molar-refractivity contribution in [2.45, 2.75) is 77.4 Å². The Morgan fingerprint density at radius 3 is 2.78 bits per heavy atom. The first-order chi connectivity index (χ1) is 8.71. The summed E-state index contributed by atoms with van der Waals surface area (Å²) in [7, 11) is 0. The molecule has 18 heavy (non-hydrogen) atoms. The van der Waals surface area contributed by atoms with Crippen LogP contribution in [-0.4, -0.2) is 17.3 Å². The molecule has 3 rings (SSSR count). The summed E-state index contributed by atoms with van der Waals surface area (Å²) in [6.07, 6.45) is 9.37. The molecular formula is C16H26O2. The Balaban J connectivity index is 1.90. The van der Waals surface area contributed by atoms with Gasteiger partial charge in [-0.05, 0) is 56.4 Å². The molecule has 0 aromatic carbocycles. The van der Waals surface area contributed by atoms with Gasteiger partial charge in [-0.25, -0.2) is 0 Å². The minimum Gasteiger partial charge on any atom is -0.495 e. The quantitative estimate of drug-likeness (QED) is 0.808. The van der Waals surface area contributed by atoms with Crippen LogP contribution in [0.15, 0.2) is 11.3 Å². The van der Waals surface area contributed by atoms with Gasteiger partial charge in [0.25, 0.3) is 0 Å². The third-order valence-electron chi connectivity index (χ3n) is 5.84. The van der Waals surface area contributed by atoms with Crippen LogP contribution in [0.2, 0.25) is 0 Å². The van der Waals surface area contributed by atoms with Crippen LogP contribution in [0.25, 0.3) is 0 Å². The Morgan fingerprint density at radius 2 is 2.06 bits per heavy atom. The maximum atomic E-state index is 10.4. The zero-order valence-electron chi connectivity index (χ0n) is 11.7. The zero-order chi connectivity index (χ0) is 12.8. The Morgan fingerprint density at radius 1 is 1.22 bits per heavy atom. The molecule has 0 amide bonds. The van der Waals surface area contributed by atoms with Crippen molar-refractivity contribution < 1.29 is 9.84 Å². The van der Waals surface area contributed by atoms with E-state index in [1.165, 1.54) is 25.0 Å². The predicted molar refractivity (Wildman–Crippen MR) is 72.1 cm³/mol. The number of allylic oxidation sites excluding steroid dienone is 2. The number of fused-ring (bicyclic) bond motifs is 2. The van der Waals surface area contributed by atoms with Crippen LogP contribution in [0.5, 0.6) is 0 Å². The SMILES string of the molecule is CCC1CCC2=C(CC[C@@]3(CC)C(O)CC[C@@H]23)O1. The van der Waals surface area contributed by atoms with E-state index in [0.29, 0.717) is 12.0 Å². The van der Waals surface area contributed by atoms with Crippen LogP contribution in [0, 0.1) is 11.3 Å². The summed E-state index contributed by atoms with van der Waals surface area (Å²) in [6.45, 7) is 4.47. The van der Waals surface area contributed by atoms with Gasteiger partial charge in [0.1, 0.15) is 0 Å².